The maximum Gasteiger partial charge on any atom is 0.141 e. The molecule has 1 rings (SSSR count). The van der Waals surface area contributed by atoms with Gasteiger partial charge in [-0.2, -0.15) is 0 Å². The molecule has 0 saturated carbocycles. The number of ether oxygens (including phenoxy) is 1. The summed E-state index contributed by atoms with van der Waals surface area (Å²) in [4.78, 5) is 0. The van der Waals surface area contributed by atoms with E-state index in [9.17, 15) is 4.39 Å². The Labute approximate surface area is 112 Å². The summed E-state index contributed by atoms with van der Waals surface area (Å²) in [7, 11) is 1.69. The van der Waals surface area contributed by atoms with Crippen LogP contribution in [-0.2, 0) is 11.2 Å². The van der Waals surface area contributed by atoms with Gasteiger partial charge in [0, 0.05) is 13.2 Å². The zero-order valence-electron chi connectivity index (χ0n) is 10.7. The third-order valence-electron chi connectivity index (χ3n) is 3.03. The largest absolute Gasteiger partial charge is 0.382 e. The minimum Gasteiger partial charge on any atom is -0.382 e. The number of nitrogens with one attached hydrogen (secondary N) is 1. The predicted octanol–water partition coefficient (Wildman–Crippen LogP) is 2.67. The van der Waals surface area contributed by atoms with Crippen molar-refractivity contribution in [2.24, 2.45) is 5.84 Å². The Hall–Kier alpha value is -0.680. The average Bonchev–Trinajstić information content (AvgIpc) is 2.38. The molecule has 3 nitrogen and oxygen atoms in total. The Kier molecular flexibility index (Phi) is 6.57. The molecule has 0 radical (unpaired) electrons. The van der Waals surface area contributed by atoms with Crippen LogP contribution in [0.15, 0.2) is 18.2 Å². The quantitative estimate of drug-likeness (QED) is 0.594. The highest BCUT2D eigenvalue weighted by Crippen LogP contribution is 2.18. The molecule has 0 aliphatic carbocycles. The van der Waals surface area contributed by atoms with Crippen LogP contribution in [0.5, 0.6) is 0 Å². The second-order valence-corrected chi connectivity index (χ2v) is 4.85. The fraction of sp³-hybridized carbons (Fsp3) is 0.538. The fourth-order valence-corrected chi connectivity index (χ4v) is 1.95. The molecule has 0 saturated heterocycles. The summed E-state index contributed by atoms with van der Waals surface area (Å²) in [6.07, 6.45) is 2.73. The minimum absolute atomic E-state index is 0.129. The Morgan fingerprint density at radius 2 is 2.17 bits per heavy atom. The minimum atomic E-state index is -0.398. The van der Waals surface area contributed by atoms with Crippen LogP contribution in [0.4, 0.5) is 4.39 Å². The molecule has 1 aromatic rings. The first-order valence-corrected chi connectivity index (χ1v) is 6.37. The molecule has 0 fully saturated rings. The lowest BCUT2D eigenvalue weighted by Crippen LogP contribution is -2.37. The lowest BCUT2D eigenvalue weighted by Gasteiger charge is -2.18. The number of hydrogen-bond donors (Lipinski definition) is 2. The van der Waals surface area contributed by atoms with Gasteiger partial charge in [-0.15, -0.1) is 0 Å². The number of methoxy groups -OCH3 is 1. The van der Waals surface area contributed by atoms with Crippen LogP contribution >= 0.6 is 11.6 Å². The molecule has 0 aliphatic heterocycles. The first-order chi connectivity index (χ1) is 8.56. The van der Waals surface area contributed by atoms with E-state index in [4.69, 9.17) is 22.2 Å². The van der Waals surface area contributed by atoms with Gasteiger partial charge in [-0.3, -0.25) is 11.3 Å². The van der Waals surface area contributed by atoms with Gasteiger partial charge in [0.2, 0.25) is 0 Å². The summed E-state index contributed by atoms with van der Waals surface area (Å²) >= 11 is 5.74. The van der Waals surface area contributed by atoms with Crippen molar-refractivity contribution >= 4 is 11.6 Å². The molecule has 1 aromatic carbocycles. The van der Waals surface area contributed by atoms with Crippen molar-refractivity contribution in [3.8, 4) is 0 Å². The first-order valence-electron chi connectivity index (χ1n) is 5.99. The van der Waals surface area contributed by atoms with E-state index >= 15 is 0 Å². The monoisotopic (exact) mass is 274 g/mol. The van der Waals surface area contributed by atoms with E-state index < -0.39 is 5.82 Å². The summed E-state index contributed by atoms with van der Waals surface area (Å²) in [6, 6.07) is 4.87. The number of benzene rings is 1. The zero-order chi connectivity index (χ0) is 13.5. The van der Waals surface area contributed by atoms with Crippen LogP contribution in [-0.4, -0.2) is 19.3 Å². The van der Waals surface area contributed by atoms with Crippen LogP contribution in [0.1, 0.15) is 25.3 Å². The standard InChI is InChI=1S/C13H20ClFN2O/c1-9(18-2)3-5-11(17-16)7-10-4-6-13(15)12(14)8-10/h4,6,8-9,11,17H,3,5,7,16H2,1-2H3. The van der Waals surface area contributed by atoms with Gasteiger partial charge in [0.1, 0.15) is 5.82 Å². The third-order valence-corrected chi connectivity index (χ3v) is 3.32. The van der Waals surface area contributed by atoms with Crippen molar-refractivity contribution in [1.82, 2.24) is 5.43 Å². The molecule has 5 heteroatoms. The second-order valence-electron chi connectivity index (χ2n) is 4.44. The van der Waals surface area contributed by atoms with Crippen LogP contribution in [0, 0.1) is 5.82 Å². The highest BCUT2D eigenvalue weighted by Gasteiger charge is 2.11. The molecule has 2 unspecified atom stereocenters. The summed E-state index contributed by atoms with van der Waals surface area (Å²) in [5.74, 6) is 5.12. The Morgan fingerprint density at radius 1 is 1.44 bits per heavy atom. The molecule has 0 bridgehead atoms. The van der Waals surface area contributed by atoms with E-state index in [-0.39, 0.29) is 17.2 Å². The molecule has 3 N–H and O–H groups in total. The SMILES string of the molecule is COC(C)CCC(Cc1ccc(F)c(Cl)c1)NN. The van der Waals surface area contributed by atoms with Gasteiger partial charge < -0.3 is 4.74 Å². The molecule has 0 aliphatic rings. The van der Waals surface area contributed by atoms with Crippen molar-refractivity contribution in [2.45, 2.75) is 38.3 Å². The number of nitrogens with two attached hydrogens (primary N) is 1. The maximum absolute atomic E-state index is 13.0. The van der Waals surface area contributed by atoms with Crippen LogP contribution < -0.4 is 11.3 Å². The van der Waals surface area contributed by atoms with E-state index in [0.29, 0.717) is 6.42 Å². The molecular formula is C13H20ClFN2O. The van der Waals surface area contributed by atoms with Crippen molar-refractivity contribution in [3.05, 3.63) is 34.6 Å². The van der Waals surface area contributed by atoms with Crippen LogP contribution in [0.2, 0.25) is 5.02 Å². The van der Waals surface area contributed by atoms with Crippen LogP contribution in [0.3, 0.4) is 0 Å². The van der Waals surface area contributed by atoms with Crippen molar-refractivity contribution in [2.75, 3.05) is 7.11 Å². The number of rotatable bonds is 7. The van der Waals surface area contributed by atoms with Gasteiger partial charge in [-0.05, 0) is 43.9 Å². The van der Waals surface area contributed by atoms with E-state index in [1.54, 1.807) is 19.2 Å². The van der Waals surface area contributed by atoms with Crippen molar-refractivity contribution in [3.63, 3.8) is 0 Å². The molecule has 2 atom stereocenters. The fourth-order valence-electron chi connectivity index (χ4n) is 1.75. The molecule has 0 spiro atoms. The number of hydrogen-bond acceptors (Lipinski definition) is 3. The summed E-state index contributed by atoms with van der Waals surface area (Å²) in [5, 5.41) is 0.147. The number of hydrazine groups is 1. The molecular weight excluding hydrogens is 255 g/mol. The highest BCUT2D eigenvalue weighted by molar-refractivity contribution is 6.30. The summed E-state index contributed by atoms with van der Waals surface area (Å²) in [6.45, 7) is 2.02. The molecule has 102 valence electrons. The second kappa shape index (κ2) is 7.69. The summed E-state index contributed by atoms with van der Waals surface area (Å²) < 4.78 is 18.2. The van der Waals surface area contributed by atoms with Gasteiger partial charge in [-0.1, -0.05) is 17.7 Å². The first kappa shape index (κ1) is 15.4. The predicted molar refractivity (Wildman–Crippen MR) is 71.9 cm³/mol. The van der Waals surface area contributed by atoms with Gasteiger partial charge >= 0.3 is 0 Å². The topological polar surface area (TPSA) is 47.3 Å². The lowest BCUT2D eigenvalue weighted by molar-refractivity contribution is 0.106. The van der Waals surface area contributed by atoms with E-state index in [0.717, 1.165) is 18.4 Å². The highest BCUT2D eigenvalue weighted by atomic mass is 35.5. The van der Waals surface area contributed by atoms with E-state index in [1.165, 1.54) is 6.07 Å². The van der Waals surface area contributed by atoms with E-state index in [2.05, 4.69) is 5.43 Å². The zero-order valence-corrected chi connectivity index (χ0v) is 11.5. The van der Waals surface area contributed by atoms with E-state index in [1.807, 2.05) is 6.92 Å². The average molecular weight is 275 g/mol. The van der Waals surface area contributed by atoms with Gasteiger partial charge in [0.05, 0.1) is 11.1 Å². The number of halogens is 2. The molecule has 0 amide bonds. The Balaban J connectivity index is 2.54. The van der Waals surface area contributed by atoms with Crippen molar-refractivity contribution < 1.29 is 9.13 Å². The Bertz CT molecular complexity index is 376. The maximum atomic E-state index is 13.0. The van der Waals surface area contributed by atoms with Crippen LogP contribution in [0.25, 0.3) is 0 Å². The smallest absolute Gasteiger partial charge is 0.141 e. The molecule has 0 heterocycles. The van der Waals surface area contributed by atoms with Gasteiger partial charge in [0.25, 0.3) is 0 Å². The normalized spacial score (nSPS) is 14.5. The lowest BCUT2D eigenvalue weighted by atomic mass is 10.0. The molecule has 0 aromatic heterocycles. The van der Waals surface area contributed by atoms with Gasteiger partial charge in [0.15, 0.2) is 0 Å². The summed E-state index contributed by atoms with van der Waals surface area (Å²) in [5.41, 5.74) is 3.74. The molecule has 18 heavy (non-hydrogen) atoms. The third kappa shape index (κ3) is 4.90. The van der Waals surface area contributed by atoms with Gasteiger partial charge in [-0.25, -0.2) is 4.39 Å². The Morgan fingerprint density at radius 3 is 2.72 bits per heavy atom. The van der Waals surface area contributed by atoms with Crippen molar-refractivity contribution in [1.29, 1.82) is 0 Å².